The Bertz CT molecular complexity index is 673. The zero-order valence-electron chi connectivity index (χ0n) is 14.6. The van der Waals surface area contributed by atoms with E-state index in [2.05, 4.69) is 10.6 Å². The minimum Gasteiger partial charge on any atom is -0.454 e. The summed E-state index contributed by atoms with van der Waals surface area (Å²) in [6.07, 6.45) is 5.26. The number of hydrogen-bond donors (Lipinski definition) is 2. The lowest BCUT2D eigenvalue weighted by Gasteiger charge is -2.20. The molecule has 0 radical (unpaired) electrons. The number of amides is 2. The molecule has 1 saturated carbocycles. The predicted molar refractivity (Wildman–Crippen MR) is 94.9 cm³/mol. The summed E-state index contributed by atoms with van der Waals surface area (Å²) in [5, 5.41) is 13.8. The number of benzene rings is 1. The number of anilines is 1. The average molecular weight is 357 g/mol. The summed E-state index contributed by atoms with van der Waals surface area (Å²) in [4.78, 5) is 35.4. The lowest BCUT2D eigenvalue weighted by Crippen LogP contribution is -2.36. The molecule has 1 aromatic rings. The van der Waals surface area contributed by atoms with Crippen LogP contribution in [0, 0.1) is 17.2 Å². The molecule has 0 heterocycles. The van der Waals surface area contributed by atoms with Crippen LogP contribution in [0.5, 0.6) is 0 Å². The first-order valence-corrected chi connectivity index (χ1v) is 8.77. The first-order valence-electron chi connectivity index (χ1n) is 8.77. The lowest BCUT2D eigenvalue weighted by atomic mass is 9.89. The van der Waals surface area contributed by atoms with Crippen LogP contribution in [0.2, 0.25) is 0 Å². The Morgan fingerprint density at radius 3 is 2.46 bits per heavy atom. The van der Waals surface area contributed by atoms with Gasteiger partial charge in [0.15, 0.2) is 6.61 Å². The highest BCUT2D eigenvalue weighted by Crippen LogP contribution is 2.23. The fraction of sp³-hybridized carbons (Fsp3) is 0.474. The Morgan fingerprint density at radius 2 is 1.81 bits per heavy atom. The van der Waals surface area contributed by atoms with Crippen LogP contribution >= 0.6 is 0 Å². The highest BCUT2D eigenvalue weighted by Gasteiger charge is 2.21. The Hall–Kier alpha value is -2.88. The molecule has 7 nitrogen and oxygen atoms in total. The van der Waals surface area contributed by atoms with E-state index in [1.165, 1.54) is 0 Å². The number of hydrogen-bond acceptors (Lipinski definition) is 5. The van der Waals surface area contributed by atoms with Crippen molar-refractivity contribution in [2.24, 2.45) is 5.92 Å². The van der Waals surface area contributed by atoms with Gasteiger partial charge in [-0.3, -0.25) is 14.4 Å². The highest BCUT2D eigenvalue weighted by atomic mass is 16.5. The van der Waals surface area contributed by atoms with Gasteiger partial charge in [-0.1, -0.05) is 31.4 Å². The number of nitrogens with one attached hydrogen (secondary N) is 2. The smallest absolute Gasteiger partial charge is 0.325 e. The number of rotatable bonds is 7. The first-order chi connectivity index (χ1) is 12.6. The molecule has 1 aromatic carbocycles. The summed E-state index contributed by atoms with van der Waals surface area (Å²) in [6.45, 7) is -0.649. The molecule has 2 N–H and O–H groups in total. The minimum absolute atomic E-state index is 0.0242. The quantitative estimate of drug-likeness (QED) is 0.725. The first kappa shape index (κ1) is 19.4. The molecule has 1 fully saturated rings. The molecule has 1 aliphatic carbocycles. The van der Waals surface area contributed by atoms with Crippen molar-refractivity contribution in [1.29, 1.82) is 5.26 Å². The van der Waals surface area contributed by atoms with E-state index in [-0.39, 0.29) is 18.4 Å². The van der Waals surface area contributed by atoms with Crippen molar-refractivity contribution in [2.75, 3.05) is 18.5 Å². The molecule has 7 heteroatoms. The van der Waals surface area contributed by atoms with Crippen molar-refractivity contribution in [3.05, 3.63) is 29.8 Å². The Morgan fingerprint density at radius 1 is 1.12 bits per heavy atom. The zero-order valence-corrected chi connectivity index (χ0v) is 14.6. The van der Waals surface area contributed by atoms with Gasteiger partial charge in [0.25, 0.3) is 5.91 Å². The van der Waals surface area contributed by atoms with E-state index in [4.69, 9.17) is 10.00 Å². The molecular weight excluding hydrogens is 334 g/mol. The molecule has 2 rings (SSSR count). The van der Waals surface area contributed by atoms with E-state index in [1.807, 2.05) is 6.07 Å². The Kier molecular flexibility index (Phi) is 7.62. The van der Waals surface area contributed by atoms with E-state index in [0.717, 1.165) is 37.7 Å². The molecule has 0 unspecified atom stereocenters. The van der Waals surface area contributed by atoms with Crippen LogP contribution in [0.3, 0.4) is 0 Å². The second kappa shape index (κ2) is 10.2. The molecule has 0 aliphatic heterocycles. The molecule has 0 bridgehead atoms. The standard InChI is InChI=1S/C19H23N3O4/c20-11-10-14-6-8-16(9-7-14)22-17(23)13-26-18(24)12-21-19(25)15-4-2-1-3-5-15/h6-9,15H,1-5,10,12-13H2,(H,21,25)(H,22,23). The van der Waals surface area contributed by atoms with Gasteiger partial charge in [0.2, 0.25) is 5.91 Å². The van der Waals surface area contributed by atoms with Crippen molar-refractivity contribution in [2.45, 2.75) is 38.5 Å². The highest BCUT2D eigenvalue weighted by molar-refractivity contribution is 5.93. The van der Waals surface area contributed by atoms with Gasteiger partial charge in [-0.05, 0) is 30.5 Å². The van der Waals surface area contributed by atoms with E-state index >= 15 is 0 Å². The molecule has 138 valence electrons. The Labute approximate surface area is 152 Å². The van der Waals surface area contributed by atoms with Crippen LogP contribution in [0.4, 0.5) is 5.69 Å². The van der Waals surface area contributed by atoms with Crippen LogP contribution in [0.15, 0.2) is 24.3 Å². The second-order valence-corrected chi connectivity index (χ2v) is 6.29. The third-order valence-corrected chi connectivity index (χ3v) is 4.27. The molecule has 0 aromatic heterocycles. The van der Waals surface area contributed by atoms with Crippen molar-refractivity contribution >= 4 is 23.5 Å². The predicted octanol–water partition coefficient (Wildman–Crippen LogP) is 1.93. The summed E-state index contributed by atoms with van der Waals surface area (Å²) in [7, 11) is 0. The van der Waals surface area contributed by atoms with Gasteiger partial charge < -0.3 is 15.4 Å². The van der Waals surface area contributed by atoms with Crippen molar-refractivity contribution < 1.29 is 19.1 Å². The largest absolute Gasteiger partial charge is 0.454 e. The SMILES string of the molecule is N#CCc1ccc(NC(=O)COC(=O)CNC(=O)C2CCCCC2)cc1. The third kappa shape index (κ3) is 6.55. The number of nitrogens with zero attached hydrogens (tertiary/aromatic N) is 1. The summed E-state index contributed by atoms with van der Waals surface area (Å²) < 4.78 is 4.87. The molecule has 0 saturated heterocycles. The van der Waals surface area contributed by atoms with Crippen LogP contribution in [0.1, 0.15) is 37.7 Å². The number of carbonyl (C=O) groups is 3. The minimum atomic E-state index is -0.645. The van der Waals surface area contributed by atoms with E-state index in [0.29, 0.717) is 12.1 Å². The number of nitriles is 1. The topological polar surface area (TPSA) is 108 Å². The van der Waals surface area contributed by atoms with Gasteiger partial charge in [0, 0.05) is 11.6 Å². The molecular formula is C19H23N3O4. The van der Waals surface area contributed by atoms with Gasteiger partial charge in [-0.15, -0.1) is 0 Å². The summed E-state index contributed by atoms with van der Waals surface area (Å²) in [6, 6.07) is 8.88. The van der Waals surface area contributed by atoms with Crippen molar-refractivity contribution in [3.63, 3.8) is 0 Å². The van der Waals surface area contributed by atoms with Crippen LogP contribution in [0.25, 0.3) is 0 Å². The number of ether oxygens (including phenoxy) is 1. The molecule has 1 aliphatic rings. The molecule has 2 amide bonds. The van der Waals surface area contributed by atoms with Crippen LogP contribution in [-0.2, 0) is 25.5 Å². The molecule has 0 atom stereocenters. The van der Waals surface area contributed by atoms with Crippen molar-refractivity contribution in [3.8, 4) is 6.07 Å². The monoisotopic (exact) mass is 357 g/mol. The van der Waals surface area contributed by atoms with Crippen molar-refractivity contribution in [1.82, 2.24) is 5.32 Å². The average Bonchev–Trinajstić information content (AvgIpc) is 2.67. The molecule has 0 spiro atoms. The molecule has 26 heavy (non-hydrogen) atoms. The summed E-state index contributed by atoms with van der Waals surface area (Å²) >= 11 is 0. The van der Waals surface area contributed by atoms with E-state index < -0.39 is 18.5 Å². The van der Waals surface area contributed by atoms with Crippen LogP contribution < -0.4 is 10.6 Å². The maximum Gasteiger partial charge on any atom is 0.325 e. The number of esters is 1. The van der Waals surface area contributed by atoms with Gasteiger partial charge in [0.05, 0.1) is 12.5 Å². The Balaban J connectivity index is 1.65. The maximum absolute atomic E-state index is 11.9. The number of carbonyl (C=O) groups excluding carboxylic acids is 3. The summed E-state index contributed by atoms with van der Waals surface area (Å²) in [5.41, 5.74) is 1.41. The third-order valence-electron chi connectivity index (χ3n) is 4.27. The fourth-order valence-electron chi connectivity index (χ4n) is 2.86. The zero-order chi connectivity index (χ0) is 18.8. The van der Waals surface area contributed by atoms with E-state index in [9.17, 15) is 14.4 Å². The van der Waals surface area contributed by atoms with Gasteiger partial charge >= 0.3 is 5.97 Å². The van der Waals surface area contributed by atoms with Crippen LogP contribution in [-0.4, -0.2) is 30.9 Å². The van der Waals surface area contributed by atoms with Gasteiger partial charge in [0.1, 0.15) is 6.54 Å². The maximum atomic E-state index is 11.9. The van der Waals surface area contributed by atoms with Gasteiger partial charge in [-0.2, -0.15) is 5.26 Å². The van der Waals surface area contributed by atoms with Gasteiger partial charge in [-0.25, -0.2) is 0 Å². The summed E-state index contributed by atoms with van der Waals surface area (Å²) in [5.74, 6) is -1.26. The normalized spacial score (nSPS) is 14.1. The lowest BCUT2D eigenvalue weighted by molar-refractivity contribution is -0.147. The second-order valence-electron chi connectivity index (χ2n) is 6.29. The van der Waals surface area contributed by atoms with E-state index in [1.54, 1.807) is 24.3 Å². The fourth-order valence-corrected chi connectivity index (χ4v) is 2.86.